The number of carbonyl (C=O) groups excluding carboxylic acids is 2. The van der Waals surface area contributed by atoms with Crippen LogP contribution >= 0.6 is 11.6 Å². The number of imide groups is 1. The van der Waals surface area contributed by atoms with Crippen LogP contribution in [-0.4, -0.2) is 25.5 Å². The second-order valence-corrected chi connectivity index (χ2v) is 6.45. The fraction of sp³-hybridized carbons (Fsp3) is 0.500. The first kappa shape index (κ1) is 14.5. The number of hydrogen-bond acceptors (Lipinski definition) is 3. The Morgan fingerprint density at radius 1 is 1.29 bits per heavy atom. The highest BCUT2D eigenvalue weighted by Crippen LogP contribution is 2.56. The fourth-order valence-electron chi connectivity index (χ4n) is 3.61. The molecule has 1 saturated heterocycles. The number of ether oxygens (including phenoxy) is 1. The first-order valence-electron chi connectivity index (χ1n) is 7.15. The molecule has 1 aliphatic carbocycles. The van der Waals surface area contributed by atoms with Crippen molar-refractivity contribution < 1.29 is 14.3 Å². The van der Waals surface area contributed by atoms with E-state index in [1.54, 1.807) is 19.2 Å². The number of halogens is 1. The van der Waals surface area contributed by atoms with Gasteiger partial charge in [-0.3, -0.25) is 14.9 Å². The molecule has 1 aromatic rings. The Hall–Kier alpha value is -1.39. The largest absolute Gasteiger partial charge is 0.384 e. The van der Waals surface area contributed by atoms with Gasteiger partial charge in [-0.05, 0) is 36.5 Å². The maximum absolute atomic E-state index is 12.5. The summed E-state index contributed by atoms with van der Waals surface area (Å²) in [5.41, 5.74) is 0.468. The Labute approximate surface area is 128 Å². The number of carbonyl (C=O) groups is 2. The van der Waals surface area contributed by atoms with Crippen LogP contribution in [0.2, 0.25) is 5.02 Å². The Balaban J connectivity index is 2.05. The molecule has 1 heterocycles. The van der Waals surface area contributed by atoms with Crippen molar-refractivity contribution in [3.05, 3.63) is 34.9 Å². The van der Waals surface area contributed by atoms with E-state index in [1.165, 1.54) is 0 Å². The van der Waals surface area contributed by atoms with E-state index >= 15 is 0 Å². The zero-order chi connectivity index (χ0) is 15.0. The quantitative estimate of drug-likeness (QED) is 0.870. The molecular formula is C16H18ClNO3. The van der Waals surface area contributed by atoms with Gasteiger partial charge in [0.1, 0.15) is 0 Å². The molecule has 4 nitrogen and oxygen atoms in total. The van der Waals surface area contributed by atoms with Crippen molar-refractivity contribution in [2.24, 2.45) is 11.3 Å². The van der Waals surface area contributed by atoms with Crippen molar-refractivity contribution in [2.45, 2.75) is 25.2 Å². The van der Waals surface area contributed by atoms with Crippen LogP contribution < -0.4 is 5.32 Å². The molecule has 1 aromatic carbocycles. The van der Waals surface area contributed by atoms with Gasteiger partial charge < -0.3 is 4.74 Å². The van der Waals surface area contributed by atoms with Crippen LogP contribution in [0, 0.1) is 11.3 Å². The lowest BCUT2D eigenvalue weighted by atomic mass is 9.64. The van der Waals surface area contributed by atoms with E-state index in [0.717, 1.165) is 18.4 Å². The lowest BCUT2D eigenvalue weighted by Gasteiger charge is -2.42. The molecule has 0 bridgehead atoms. The van der Waals surface area contributed by atoms with Gasteiger partial charge in [0, 0.05) is 24.0 Å². The lowest BCUT2D eigenvalue weighted by molar-refractivity contribution is -0.143. The molecule has 2 aliphatic rings. The zero-order valence-electron chi connectivity index (χ0n) is 11.9. The Morgan fingerprint density at radius 2 is 1.95 bits per heavy atom. The van der Waals surface area contributed by atoms with Crippen LogP contribution in [0.1, 0.15) is 30.7 Å². The summed E-state index contributed by atoms with van der Waals surface area (Å²) in [6, 6.07) is 7.31. The molecule has 2 unspecified atom stereocenters. The maximum Gasteiger partial charge on any atom is 0.234 e. The normalized spacial score (nSPS) is 29.3. The van der Waals surface area contributed by atoms with Gasteiger partial charge in [0.15, 0.2) is 0 Å². The summed E-state index contributed by atoms with van der Waals surface area (Å²) in [7, 11) is 1.63. The van der Waals surface area contributed by atoms with Crippen molar-refractivity contribution in [3.63, 3.8) is 0 Å². The number of piperidine rings is 1. The monoisotopic (exact) mass is 307 g/mol. The molecule has 3 rings (SSSR count). The summed E-state index contributed by atoms with van der Waals surface area (Å²) < 4.78 is 5.40. The molecule has 1 saturated carbocycles. The van der Waals surface area contributed by atoms with Crippen LogP contribution in [0.15, 0.2) is 24.3 Å². The number of rotatable bonds is 4. The van der Waals surface area contributed by atoms with E-state index in [0.29, 0.717) is 24.0 Å². The number of benzene rings is 1. The summed E-state index contributed by atoms with van der Waals surface area (Å²) in [4.78, 5) is 24.4. The van der Waals surface area contributed by atoms with Crippen molar-refractivity contribution in [2.75, 3.05) is 13.7 Å². The number of hydrogen-bond donors (Lipinski definition) is 1. The van der Waals surface area contributed by atoms with Crippen molar-refractivity contribution in [1.82, 2.24) is 5.32 Å². The smallest absolute Gasteiger partial charge is 0.234 e. The van der Waals surface area contributed by atoms with Crippen LogP contribution in [0.4, 0.5) is 0 Å². The summed E-state index contributed by atoms with van der Waals surface area (Å²) in [6.45, 7) is 0.421. The lowest BCUT2D eigenvalue weighted by Crippen LogP contribution is -2.53. The van der Waals surface area contributed by atoms with Crippen LogP contribution in [0.5, 0.6) is 0 Å². The second-order valence-electron chi connectivity index (χ2n) is 6.01. The first-order valence-corrected chi connectivity index (χ1v) is 7.53. The Bertz CT molecular complexity index is 567. The SMILES string of the molecule is COCC1(C2CC2)CC(=O)NC(=O)C1c1ccc(Cl)cc1. The average Bonchev–Trinajstić information content (AvgIpc) is 3.25. The average molecular weight is 308 g/mol. The minimum absolute atomic E-state index is 0.200. The topological polar surface area (TPSA) is 55.4 Å². The van der Waals surface area contributed by atoms with Crippen LogP contribution in [0.3, 0.4) is 0 Å². The van der Waals surface area contributed by atoms with Gasteiger partial charge in [-0.25, -0.2) is 0 Å². The summed E-state index contributed by atoms with van der Waals surface area (Å²) in [6.07, 6.45) is 2.44. The van der Waals surface area contributed by atoms with Crippen molar-refractivity contribution in [3.8, 4) is 0 Å². The predicted molar refractivity (Wildman–Crippen MR) is 79.0 cm³/mol. The van der Waals surface area contributed by atoms with Crippen molar-refractivity contribution >= 4 is 23.4 Å². The number of amides is 2. The summed E-state index contributed by atoms with van der Waals surface area (Å²) in [5.74, 6) is -0.417. The minimum atomic E-state index is -0.429. The highest BCUT2D eigenvalue weighted by atomic mass is 35.5. The standard InChI is InChI=1S/C16H18ClNO3/c1-21-9-16(11-4-5-11)8-13(19)18-15(20)14(16)10-2-6-12(17)7-3-10/h2-3,6-7,11,14H,4-5,8-9H2,1H3,(H,18,19,20). The molecule has 2 atom stereocenters. The molecule has 0 spiro atoms. The zero-order valence-corrected chi connectivity index (χ0v) is 12.7. The van der Waals surface area contributed by atoms with Gasteiger partial charge >= 0.3 is 0 Å². The van der Waals surface area contributed by atoms with Crippen LogP contribution in [0.25, 0.3) is 0 Å². The van der Waals surface area contributed by atoms with E-state index < -0.39 is 5.41 Å². The van der Waals surface area contributed by atoms with Crippen LogP contribution in [-0.2, 0) is 14.3 Å². The highest BCUT2D eigenvalue weighted by Gasteiger charge is 2.56. The highest BCUT2D eigenvalue weighted by molar-refractivity contribution is 6.30. The number of methoxy groups -OCH3 is 1. The molecule has 1 aliphatic heterocycles. The molecule has 21 heavy (non-hydrogen) atoms. The maximum atomic E-state index is 12.5. The third-order valence-corrected chi connectivity index (χ3v) is 4.85. The van der Waals surface area contributed by atoms with E-state index in [9.17, 15) is 9.59 Å². The first-order chi connectivity index (χ1) is 10.1. The van der Waals surface area contributed by atoms with E-state index in [-0.39, 0.29) is 17.7 Å². The van der Waals surface area contributed by atoms with Crippen molar-refractivity contribution in [1.29, 1.82) is 0 Å². The van der Waals surface area contributed by atoms with Gasteiger partial charge in [0.25, 0.3) is 0 Å². The Morgan fingerprint density at radius 3 is 2.52 bits per heavy atom. The van der Waals surface area contributed by atoms with Gasteiger partial charge in [0.05, 0.1) is 12.5 Å². The second kappa shape index (κ2) is 5.43. The molecule has 0 radical (unpaired) electrons. The minimum Gasteiger partial charge on any atom is -0.384 e. The molecule has 0 aromatic heterocycles. The molecule has 5 heteroatoms. The number of nitrogens with one attached hydrogen (secondary N) is 1. The summed E-state index contributed by atoms with van der Waals surface area (Å²) in [5, 5.41) is 3.11. The van der Waals surface area contributed by atoms with E-state index in [4.69, 9.17) is 16.3 Å². The Kier molecular flexibility index (Phi) is 3.76. The third-order valence-electron chi connectivity index (χ3n) is 4.60. The summed E-state index contributed by atoms with van der Waals surface area (Å²) >= 11 is 5.94. The van der Waals surface area contributed by atoms with E-state index in [2.05, 4.69) is 5.32 Å². The predicted octanol–water partition coefficient (Wildman–Crippen LogP) is 2.51. The van der Waals surface area contributed by atoms with Gasteiger partial charge in [0.2, 0.25) is 11.8 Å². The van der Waals surface area contributed by atoms with Gasteiger partial charge in [-0.2, -0.15) is 0 Å². The van der Waals surface area contributed by atoms with Gasteiger partial charge in [-0.1, -0.05) is 23.7 Å². The third kappa shape index (κ3) is 2.58. The molecular weight excluding hydrogens is 290 g/mol. The van der Waals surface area contributed by atoms with E-state index in [1.807, 2.05) is 12.1 Å². The van der Waals surface area contributed by atoms with Gasteiger partial charge in [-0.15, -0.1) is 0 Å². The molecule has 112 valence electrons. The molecule has 2 fully saturated rings. The molecule has 2 amide bonds. The fourth-order valence-corrected chi connectivity index (χ4v) is 3.74. The molecule has 1 N–H and O–H groups in total.